The van der Waals surface area contributed by atoms with E-state index in [9.17, 15) is 0 Å². The summed E-state index contributed by atoms with van der Waals surface area (Å²) in [5.74, 6) is 0.825. The average Bonchev–Trinajstić information content (AvgIpc) is 3.33. The van der Waals surface area contributed by atoms with Crippen molar-refractivity contribution >= 4 is 0 Å². The van der Waals surface area contributed by atoms with E-state index in [1.54, 1.807) is 0 Å². The molecule has 0 amide bonds. The van der Waals surface area contributed by atoms with E-state index in [0.717, 1.165) is 30.1 Å². The Bertz CT molecular complexity index is 619. The summed E-state index contributed by atoms with van der Waals surface area (Å²) in [5, 5.41) is 12.3. The SMILES string of the molecule is N#Cc1cccc(CNCc2ccc(C3CC3)cc2)c1. The molecule has 2 nitrogen and oxygen atoms in total. The lowest BCUT2D eigenvalue weighted by Gasteiger charge is -2.06. The predicted molar refractivity (Wildman–Crippen MR) is 80.1 cm³/mol. The van der Waals surface area contributed by atoms with Crippen molar-refractivity contribution in [2.45, 2.75) is 31.8 Å². The number of hydrogen-bond donors (Lipinski definition) is 1. The highest BCUT2D eigenvalue weighted by Gasteiger charge is 2.22. The van der Waals surface area contributed by atoms with Gasteiger partial charge in [-0.25, -0.2) is 0 Å². The molecule has 0 saturated heterocycles. The Labute approximate surface area is 120 Å². The van der Waals surface area contributed by atoms with E-state index < -0.39 is 0 Å². The normalized spacial score (nSPS) is 13.9. The van der Waals surface area contributed by atoms with Gasteiger partial charge in [-0.1, -0.05) is 36.4 Å². The number of nitrogens with one attached hydrogen (secondary N) is 1. The minimum absolute atomic E-state index is 0.720. The van der Waals surface area contributed by atoms with Crippen LogP contribution in [0, 0.1) is 11.3 Å². The molecule has 100 valence electrons. The number of nitriles is 1. The lowest BCUT2D eigenvalue weighted by Crippen LogP contribution is -2.12. The summed E-state index contributed by atoms with van der Waals surface area (Å²) >= 11 is 0. The van der Waals surface area contributed by atoms with Gasteiger partial charge in [0.05, 0.1) is 11.6 Å². The fourth-order valence-electron chi connectivity index (χ4n) is 2.43. The zero-order valence-corrected chi connectivity index (χ0v) is 11.5. The fourth-order valence-corrected chi connectivity index (χ4v) is 2.43. The number of rotatable bonds is 5. The highest BCUT2D eigenvalue weighted by atomic mass is 14.8. The van der Waals surface area contributed by atoms with Gasteiger partial charge in [0, 0.05) is 13.1 Å². The molecule has 1 aliphatic rings. The van der Waals surface area contributed by atoms with Gasteiger partial charge in [0.25, 0.3) is 0 Å². The van der Waals surface area contributed by atoms with Crippen molar-refractivity contribution in [3.63, 3.8) is 0 Å². The van der Waals surface area contributed by atoms with Crippen LogP contribution < -0.4 is 5.32 Å². The van der Waals surface area contributed by atoms with Gasteiger partial charge in [-0.3, -0.25) is 0 Å². The molecule has 0 atom stereocenters. The molecule has 3 rings (SSSR count). The molecule has 2 aromatic carbocycles. The zero-order valence-electron chi connectivity index (χ0n) is 11.5. The summed E-state index contributed by atoms with van der Waals surface area (Å²) < 4.78 is 0. The van der Waals surface area contributed by atoms with E-state index in [2.05, 4.69) is 35.7 Å². The Balaban J connectivity index is 1.52. The van der Waals surface area contributed by atoms with Crippen LogP contribution in [0.1, 0.15) is 41.0 Å². The lowest BCUT2D eigenvalue weighted by molar-refractivity contribution is 0.693. The quantitative estimate of drug-likeness (QED) is 0.891. The number of benzene rings is 2. The molecule has 0 aliphatic heterocycles. The summed E-state index contributed by atoms with van der Waals surface area (Å²) in [6, 6.07) is 18.9. The van der Waals surface area contributed by atoms with E-state index in [-0.39, 0.29) is 0 Å². The Morgan fingerprint density at radius 2 is 1.75 bits per heavy atom. The first kappa shape index (κ1) is 12.9. The molecule has 1 fully saturated rings. The highest BCUT2D eigenvalue weighted by molar-refractivity contribution is 5.33. The standard InChI is InChI=1S/C18H18N2/c19-11-15-2-1-3-16(10-15)13-20-12-14-4-6-17(7-5-14)18-8-9-18/h1-7,10,18,20H,8-9,12-13H2. The second-order valence-electron chi connectivity index (χ2n) is 5.43. The summed E-state index contributed by atoms with van der Waals surface area (Å²) in [6.07, 6.45) is 2.71. The summed E-state index contributed by atoms with van der Waals surface area (Å²) in [4.78, 5) is 0. The van der Waals surface area contributed by atoms with Gasteiger partial charge in [-0.05, 0) is 47.6 Å². The molecule has 0 unspecified atom stereocenters. The number of nitrogens with zero attached hydrogens (tertiary/aromatic N) is 1. The molecular formula is C18H18N2. The largest absolute Gasteiger partial charge is 0.309 e. The van der Waals surface area contributed by atoms with E-state index in [4.69, 9.17) is 5.26 Å². The second-order valence-corrected chi connectivity index (χ2v) is 5.43. The highest BCUT2D eigenvalue weighted by Crippen LogP contribution is 2.39. The Kier molecular flexibility index (Phi) is 3.80. The average molecular weight is 262 g/mol. The molecule has 0 bridgehead atoms. The van der Waals surface area contributed by atoms with Gasteiger partial charge >= 0.3 is 0 Å². The first-order valence-corrected chi connectivity index (χ1v) is 7.14. The van der Waals surface area contributed by atoms with Crippen LogP contribution in [0.4, 0.5) is 0 Å². The van der Waals surface area contributed by atoms with Crippen molar-refractivity contribution < 1.29 is 0 Å². The minimum atomic E-state index is 0.720. The van der Waals surface area contributed by atoms with Crippen molar-refractivity contribution in [1.82, 2.24) is 5.32 Å². The third-order valence-corrected chi connectivity index (χ3v) is 3.74. The Hall–Kier alpha value is -2.11. The third-order valence-electron chi connectivity index (χ3n) is 3.74. The van der Waals surface area contributed by atoms with Gasteiger partial charge < -0.3 is 5.32 Å². The monoisotopic (exact) mass is 262 g/mol. The van der Waals surface area contributed by atoms with Crippen LogP contribution in [-0.2, 0) is 13.1 Å². The van der Waals surface area contributed by atoms with Crippen LogP contribution >= 0.6 is 0 Å². The topological polar surface area (TPSA) is 35.8 Å². The summed E-state index contributed by atoms with van der Waals surface area (Å²) in [7, 11) is 0. The maximum atomic E-state index is 8.87. The van der Waals surface area contributed by atoms with E-state index in [1.807, 2.05) is 24.3 Å². The zero-order chi connectivity index (χ0) is 13.8. The van der Waals surface area contributed by atoms with E-state index in [0.29, 0.717) is 0 Å². The Morgan fingerprint density at radius 3 is 2.45 bits per heavy atom. The maximum Gasteiger partial charge on any atom is 0.0991 e. The Morgan fingerprint density at radius 1 is 1.00 bits per heavy atom. The smallest absolute Gasteiger partial charge is 0.0991 e. The van der Waals surface area contributed by atoms with Crippen LogP contribution in [0.25, 0.3) is 0 Å². The van der Waals surface area contributed by atoms with Crippen molar-refractivity contribution in [3.05, 3.63) is 70.8 Å². The molecule has 0 aromatic heterocycles. The van der Waals surface area contributed by atoms with Crippen LogP contribution in [0.15, 0.2) is 48.5 Å². The number of hydrogen-bond acceptors (Lipinski definition) is 2. The molecule has 0 spiro atoms. The predicted octanol–water partition coefficient (Wildman–Crippen LogP) is 3.73. The third kappa shape index (κ3) is 3.26. The first-order valence-electron chi connectivity index (χ1n) is 7.14. The minimum Gasteiger partial charge on any atom is -0.309 e. The first-order chi connectivity index (χ1) is 9.85. The van der Waals surface area contributed by atoms with Crippen LogP contribution in [0.2, 0.25) is 0 Å². The fraction of sp³-hybridized carbons (Fsp3) is 0.278. The van der Waals surface area contributed by atoms with Crippen molar-refractivity contribution in [3.8, 4) is 6.07 Å². The molecule has 1 saturated carbocycles. The van der Waals surface area contributed by atoms with Crippen molar-refractivity contribution in [2.24, 2.45) is 0 Å². The molecule has 20 heavy (non-hydrogen) atoms. The van der Waals surface area contributed by atoms with Crippen LogP contribution in [0.3, 0.4) is 0 Å². The van der Waals surface area contributed by atoms with Gasteiger partial charge in [-0.15, -0.1) is 0 Å². The molecular weight excluding hydrogens is 244 g/mol. The van der Waals surface area contributed by atoms with Crippen LogP contribution in [-0.4, -0.2) is 0 Å². The second kappa shape index (κ2) is 5.90. The summed E-state index contributed by atoms with van der Waals surface area (Å²) in [6.45, 7) is 1.65. The molecule has 2 heteroatoms. The van der Waals surface area contributed by atoms with Crippen LogP contribution in [0.5, 0.6) is 0 Å². The van der Waals surface area contributed by atoms with E-state index >= 15 is 0 Å². The molecule has 0 radical (unpaired) electrons. The van der Waals surface area contributed by atoms with Crippen molar-refractivity contribution in [2.75, 3.05) is 0 Å². The summed E-state index contributed by atoms with van der Waals surface area (Å²) in [5.41, 5.74) is 4.66. The van der Waals surface area contributed by atoms with Gasteiger partial charge in [0.1, 0.15) is 0 Å². The molecule has 0 heterocycles. The van der Waals surface area contributed by atoms with Gasteiger partial charge in [0.2, 0.25) is 0 Å². The van der Waals surface area contributed by atoms with Crippen molar-refractivity contribution in [1.29, 1.82) is 5.26 Å². The maximum absolute atomic E-state index is 8.87. The van der Waals surface area contributed by atoms with E-state index in [1.165, 1.54) is 24.0 Å². The van der Waals surface area contributed by atoms with Gasteiger partial charge in [-0.2, -0.15) is 5.26 Å². The molecule has 2 aromatic rings. The lowest BCUT2D eigenvalue weighted by atomic mass is 10.1. The molecule has 1 aliphatic carbocycles. The van der Waals surface area contributed by atoms with Gasteiger partial charge in [0.15, 0.2) is 0 Å². The molecule has 1 N–H and O–H groups in total.